The fourth-order valence-electron chi connectivity index (χ4n) is 2.90. The molecule has 114 valence electrons. The fraction of sp³-hybridized carbons (Fsp3) is 0.312. The fourth-order valence-corrected chi connectivity index (χ4v) is 2.90. The van der Waals surface area contributed by atoms with E-state index in [1.807, 2.05) is 12.1 Å². The molecule has 2 aromatic rings. The number of aromatic nitrogens is 1. The predicted octanol–water partition coefficient (Wildman–Crippen LogP) is 1.09. The van der Waals surface area contributed by atoms with E-state index in [1.54, 1.807) is 19.2 Å². The molecule has 1 unspecified atom stereocenters. The molecule has 6 heteroatoms. The number of para-hydroxylation sites is 1. The average Bonchev–Trinajstić information content (AvgIpc) is 3.00. The van der Waals surface area contributed by atoms with E-state index in [1.165, 1.54) is 15.5 Å². The summed E-state index contributed by atoms with van der Waals surface area (Å²) in [6, 6.07) is 8.54. The number of carbonyl (C=O) groups is 2. The Morgan fingerprint density at radius 1 is 1.27 bits per heavy atom. The van der Waals surface area contributed by atoms with Crippen molar-refractivity contribution in [3.8, 4) is 0 Å². The monoisotopic (exact) mass is 300 g/mol. The number of aliphatic carboxylic acids is 1. The lowest BCUT2D eigenvalue weighted by molar-refractivity contribution is -0.141. The molecule has 1 saturated heterocycles. The van der Waals surface area contributed by atoms with Gasteiger partial charge in [-0.05, 0) is 12.5 Å². The van der Waals surface area contributed by atoms with Crippen molar-refractivity contribution in [2.24, 2.45) is 13.0 Å². The zero-order valence-corrected chi connectivity index (χ0v) is 12.2. The van der Waals surface area contributed by atoms with Crippen molar-refractivity contribution in [1.82, 2.24) is 9.47 Å². The molecule has 1 aromatic heterocycles. The van der Waals surface area contributed by atoms with Crippen LogP contribution < -0.4 is 5.56 Å². The minimum atomic E-state index is -0.885. The van der Waals surface area contributed by atoms with Crippen molar-refractivity contribution in [1.29, 1.82) is 0 Å². The maximum Gasteiger partial charge on any atom is 0.308 e. The van der Waals surface area contributed by atoms with E-state index in [0.717, 1.165) is 0 Å². The molecule has 1 aliphatic rings. The van der Waals surface area contributed by atoms with E-state index >= 15 is 0 Å². The van der Waals surface area contributed by atoms with Crippen LogP contribution in [0.4, 0.5) is 0 Å². The first-order valence-corrected chi connectivity index (χ1v) is 7.10. The summed E-state index contributed by atoms with van der Waals surface area (Å²) in [4.78, 5) is 37.3. The zero-order chi connectivity index (χ0) is 15.9. The summed E-state index contributed by atoms with van der Waals surface area (Å²) in [5, 5.41) is 9.75. The highest BCUT2D eigenvalue weighted by Crippen LogP contribution is 2.22. The summed E-state index contributed by atoms with van der Waals surface area (Å²) in [6.07, 6.45) is 0.448. The summed E-state index contributed by atoms with van der Waals surface area (Å²) in [7, 11) is 1.66. The van der Waals surface area contributed by atoms with Crippen LogP contribution in [0, 0.1) is 5.92 Å². The Morgan fingerprint density at radius 2 is 2.00 bits per heavy atom. The Bertz CT molecular complexity index is 824. The van der Waals surface area contributed by atoms with Gasteiger partial charge in [0.25, 0.3) is 11.5 Å². The van der Waals surface area contributed by atoms with E-state index in [9.17, 15) is 14.4 Å². The molecule has 1 aromatic carbocycles. The van der Waals surface area contributed by atoms with E-state index in [-0.39, 0.29) is 18.0 Å². The molecule has 1 amide bonds. The third-order valence-electron chi connectivity index (χ3n) is 4.21. The van der Waals surface area contributed by atoms with Gasteiger partial charge in [0, 0.05) is 31.6 Å². The number of hydrogen-bond donors (Lipinski definition) is 1. The smallest absolute Gasteiger partial charge is 0.308 e. The minimum Gasteiger partial charge on any atom is -0.481 e. The molecule has 22 heavy (non-hydrogen) atoms. The molecule has 0 spiro atoms. The third kappa shape index (κ3) is 2.26. The van der Waals surface area contributed by atoms with Crippen LogP contribution in [0.3, 0.4) is 0 Å². The normalized spacial score (nSPS) is 17.9. The van der Waals surface area contributed by atoms with E-state index in [4.69, 9.17) is 5.11 Å². The van der Waals surface area contributed by atoms with Gasteiger partial charge in [-0.2, -0.15) is 0 Å². The molecular weight excluding hydrogens is 284 g/mol. The van der Waals surface area contributed by atoms with Crippen LogP contribution >= 0.6 is 0 Å². The van der Waals surface area contributed by atoms with Gasteiger partial charge in [-0.15, -0.1) is 0 Å². The number of amides is 1. The van der Waals surface area contributed by atoms with Crippen molar-refractivity contribution in [2.45, 2.75) is 6.42 Å². The summed E-state index contributed by atoms with van der Waals surface area (Å²) in [5.74, 6) is -1.69. The largest absolute Gasteiger partial charge is 0.481 e. The second kappa shape index (κ2) is 5.29. The van der Waals surface area contributed by atoms with Gasteiger partial charge in [0.15, 0.2) is 0 Å². The SMILES string of the molecule is Cn1c(=O)cc(C(=O)N2CCC(C(=O)O)C2)c2ccccc21. The number of hydrogen-bond acceptors (Lipinski definition) is 3. The van der Waals surface area contributed by atoms with Gasteiger partial charge < -0.3 is 14.6 Å². The number of carboxylic acids is 1. The first kappa shape index (κ1) is 14.3. The van der Waals surface area contributed by atoms with Gasteiger partial charge >= 0.3 is 5.97 Å². The standard InChI is InChI=1S/C16H16N2O4/c1-17-13-5-3-2-4-11(13)12(8-14(17)19)15(20)18-7-6-10(9-18)16(21)22/h2-5,8,10H,6-7,9H2,1H3,(H,21,22). The van der Waals surface area contributed by atoms with Crippen LogP contribution in [0.25, 0.3) is 10.9 Å². The summed E-state index contributed by atoms with van der Waals surface area (Å²) < 4.78 is 1.50. The highest BCUT2D eigenvalue weighted by Gasteiger charge is 2.32. The van der Waals surface area contributed by atoms with Crippen LogP contribution in [0.2, 0.25) is 0 Å². The molecule has 0 bridgehead atoms. The second-order valence-electron chi connectivity index (χ2n) is 5.55. The zero-order valence-electron chi connectivity index (χ0n) is 12.2. The first-order valence-electron chi connectivity index (χ1n) is 7.10. The Balaban J connectivity index is 2.04. The summed E-state index contributed by atoms with van der Waals surface area (Å²) in [6.45, 7) is 0.594. The van der Waals surface area contributed by atoms with Crippen LogP contribution in [-0.4, -0.2) is 39.5 Å². The van der Waals surface area contributed by atoms with Gasteiger partial charge in [0.2, 0.25) is 0 Å². The molecular formula is C16H16N2O4. The predicted molar refractivity (Wildman–Crippen MR) is 80.8 cm³/mol. The van der Waals surface area contributed by atoms with Crippen LogP contribution in [0.5, 0.6) is 0 Å². The molecule has 3 rings (SSSR count). The van der Waals surface area contributed by atoms with Crippen LogP contribution in [0.15, 0.2) is 35.1 Å². The quantitative estimate of drug-likeness (QED) is 0.900. The Morgan fingerprint density at radius 3 is 2.68 bits per heavy atom. The minimum absolute atomic E-state index is 0.192. The van der Waals surface area contributed by atoms with Crippen molar-refractivity contribution >= 4 is 22.8 Å². The number of fused-ring (bicyclic) bond motifs is 1. The topological polar surface area (TPSA) is 79.6 Å². The molecule has 0 saturated carbocycles. The van der Waals surface area contributed by atoms with Crippen molar-refractivity contribution in [3.05, 3.63) is 46.2 Å². The second-order valence-corrected chi connectivity index (χ2v) is 5.55. The van der Waals surface area contributed by atoms with Gasteiger partial charge in [-0.25, -0.2) is 0 Å². The van der Waals surface area contributed by atoms with Gasteiger partial charge in [0.1, 0.15) is 0 Å². The van der Waals surface area contributed by atoms with Gasteiger partial charge in [0.05, 0.1) is 17.0 Å². The molecule has 0 aliphatic carbocycles. The number of rotatable bonds is 2. The Hall–Kier alpha value is -2.63. The number of likely N-dealkylation sites (tertiary alicyclic amines) is 1. The van der Waals surface area contributed by atoms with Gasteiger partial charge in [-0.1, -0.05) is 18.2 Å². The van der Waals surface area contributed by atoms with E-state index < -0.39 is 11.9 Å². The third-order valence-corrected chi connectivity index (χ3v) is 4.21. The number of nitrogens with zero attached hydrogens (tertiary/aromatic N) is 2. The lowest BCUT2D eigenvalue weighted by Crippen LogP contribution is -2.31. The molecule has 0 radical (unpaired) electrons. The van der Waals surface area contributed by atoms with E-state index in [0.29, 0.717) is 29.4 Å². The lowest BCUT2D eigenvalue weighted by Gasteiger charge is -2.17. The highest BCUT2D eigenvalue weighted by atomic mass is 16.4. The van der Waals surface area contributed by atoms with E-state index in [2.05, 4.69) is 0 Å². The Kier molecular flexibility index (Phi) is 3.44. The first-order chi connectivity index (χ1) is 10.5. The summed E-state index contributed by atoms with van der Waals surface area (Å²) in [5.41, 5.74) is 0.771. The molecule has 1 N–H and O–H groups in total. The lowest BCUT2D eigenvalue weighted by atomic mass is 10.1. The number of aryl methyl sites for hydroxylation is 1. The maximum atomic E-state index is 12.7. The summed E-state index contributed by atoms with van der Waals surface area (Å²) >= 11 is 0. The molecule has 6 nitrogen and oxygen atoms in total. The highest BCUT2D eigenvalue weighted by molar-refractivity contribution is 6.06. The molecule has 1 atom stereocenters. The molecule has 1 fully saturated rings. The number of pyridine rings is 1. The number of carbonyl (C=O) groups excluding carboxylic acids is 1. The maximum absolute atomic E-state index is 12.7. The van der Waals surface area contributed by atoms with Crippen LogP contribution in [0.1, 0.15) is 16.8 Å². The van der Waals surface area contributed by atoms with Crippen molar-refractivity contribution in [3.63, 3.8) is 0 Å². The molecule has 2 heterocycles. The Labute approximate surface area is 126 Å². The van der Waals surface area contributed by atoms with Gasteiger partial charge in [-0.3, -0.25) is 14.4 Å². The average molecular weight is 300 g/mol. The van der Waals surface area contributed by atoms with Crippen molar-refractivity contribution < 1.29 is 14.7 Å². The molecule has 1 aliphatic heterocycles. The van der Waals surface area contributed by atoms with Crippen LogP contribution in [-0.2, 0) is 11.8 Å². The number of carboxylic acid groups (broad SMARTS) is 1. The van der Waals surface area contributed by atoms with Crippen molar-refractivity contribution in [2.75, 3.05) is 13.1 Å². The number of benzene rings is 1.